The van der Waals surface area contributed by atoms with E-state index in [0.29, 0.717) is 22.2 Å². The summed E-state index contributed by atoms with van der Waals surface area (Å²) >= 11 is 0. The van der Waals surface area contributed by atoms with E-state index in [4.69, 9.17) is 0 Å². The van der Waals surface area contributed by atoms with Crippen LogP contribution in [-0.4, -0.2) is 0 Å². The first kappa shape index (κ1) is 22.7. The highest BCUT2D eigenvalue weighted by atomic mass is 14.7. The third-order valence-corrected chi connectivity index (χ3v) is 11.6. The standard InChI is InChI=1S/C30H50/c1-20(2)21(3)11-12-23(5)25-15-18-30(8)27-14-13-24-22(4)10-9-17-28(24,6)26(27)16-19-29(25,30)7/h20,22-25H,3,9-19H2,1-2,4-8H3. The van der Waals surface area contributed by atoms with Crippen molar-refractivity contribution in [2.24, 2.45) is 45.8 Å². The highest BCUT2D eigenvalue weighted by molar-refractivity contribution is 5.38. The Morgan fingerprint density at radius 3 is 2.40 bits per heavy atom. The van der Waals surface area contributed by atoms with Gasteiger partial charge in [-0.3, -0.25) is 0 Å². The van der Waals surface area contributed by atoms with Gasteiger partial charge in [0, 0.05) is 0 Å². The van der Waals surface area contributed by atoms with E-state index in [1.807, 2.05) is 11.1 Å². The van der Waals surface area contributed by atoms with E-state index in [-0.39, 0.29) is 0 Å². The topological polar surface area (TPSA) is 0 Å². The van der Waals surface area contributed by atoms with Crippen molar-refractivity contribution >= 4 is 0 Å². The molecule has 0 aromatic heterocycles. The number of fused-ring (bicyclic) bond motifs is 4. The number of hydrogen-bond donors (Lipinski definition) is 0. The second-order valence-corrected chi connectivity index (χ2v) is 13.1. The van der Waals surface area contributed by atoms with Crippen molar-refractivity contribution in [3.8, 4) is 0 Å². The Morgan fingerprint density at radius 2 is 1.70 bits per heavy atom. The maximum atomic E-state index is 4.36. The molecular weight excluding hydrogens is 360 g/mol. The molecule has 170 valence electrons. The molecule has 4 aliphatic rings. The average Bonchev–Trinajstić information content (AvgIpc) is 2.97. The predicted molar refractivity (Wildman–Crippen MR) is 131 cm³/mol. The van der Waals surface area contributed by atoms with Gasteiger partial charge in [-0.15, -0.1) is 0 Å². The molecule has 7 atom stereocenters. The van der Waals surface area contributed by atoms with Crippen LogP contribution in [0.1, 0.15) is 119 Å². The molecule has 0 radical (unpaired) electrons. The van der Waals surface area contributed by atoms with Crippen molar-refractivity contribution in [3.05, 3.63) is 23.3 Å². The molecule has 0 aliphatic heterocycles. The lowest BCUT2D eigenvalue weighted by atomic mass is 9.45. The van der Waals surface area contributed by atoms with Gasteiger partial charge in [-0.05, 0) is 104 Å². The van der Waals surface area contributed by atoms with Gasteiger partial charge in [0.2, 0.25) is 0 Å². The second-order valence-electron chi connectivity index (χ2n) is 13.1. The zero-order valence-electron chi connectivity index (χ0n) is 21.4. The minimum absolute atomic E-state index is 0.462. The number of hydrogen-bond acceptors (Lipinski definition) is 0. The van der Waals surface area contributed by atoms with Crippen LogP contribution in [-0.2, 0) is 0 Å². The quantitative estimate of drug-likeness (QED) is 0.396. The molecule has 0 nitrogen and oxygen atoms in total. The summed E-state index contributed by atoms with van der Waals surface area (Å²) in [6.45, 7) is 22.2. The fourth-order valence-electron chi connectivity index (χ4n) is 9.24. The molecule has 4 rings (SSSR count). The maximum Gasteiger partial charge on any atom is -0.00568 e. The van der Waals surface area contributed by atoms with Crippen LogP contribution < -0.4 is 0 Å². The first-order valence-corrected chi connectivity index (χ1v) is 13.4. The van der Waals surface area contributed by atoms with Gasteiger partial charge in [0.25, 0.3) is 0 Å². The number of rotatable bonds is 5. The maximum absolute atomic E-state index is 4.36. The summed E-state index contributed by atoms with van der Waals surface area (Å²) < 4.78 is 0. The van der Waals surface area contributed by atoms with Crippen LogP contribution in [0.5, 0.6) is 0 Å². The first-order chi connectivity index (χ1) is 14.0. The fraction of sp³-hybridized carbons (Fsp3) is 0.867. The van der Waals surface area contributed by atoms with E-state index < -0.39 is 0 Å². The normalized spacial score (nSPS) is 44.5. The molecule has 0 saturated heterocycles. The summed E-state index contributed by atoms with van der Waals surface area (Å²) in [4.78, 5) is 0. The molecular formula is C30H50. The Morgan fingerprint density at radius 1 is 0.967 bits per heavy atom. The fourth-order valence-corrected chi connectivity index (χ4v) is 9.24. The van der Waals surface area contributed by atoms with Gasteiger partial charge in [0.15, 0.2) is 0 Å². The van der Waals surface area contributed by atoms with Crippen molar-refractivity contribution in [3.63, 3.8) is 0 Å². The van der Waals surface area contributed by atoms with E-state index >= 15 is 0 Å². The summed E-state index contributed by atoms with van der Waals surface area (Å²) in [6.07, 6.45) is 15.6. The van der Waals surface area contributed by atoms with Gasteiger partial charge in [-0.25, -0.2) is 0 Å². The SMILES string of the molecule is C=C(CCC(C)C1CCC2(C)C3=C(CCC12C)C1(C)CCCC(C)C1CC3)C(C)C. The van der Waals surface area contributed by atoms with Gasteiger partial charge in [-0.1, -0.05) is 84.6 Å². The average molecular weight is 411 g/mol. The first-order valence-electron chi connectivity index (χ1n) is 13.4. The van der Waals surface area contributed by atoms with Gasteiger partial charge < -0.3 is 0 Å². The van der Waals surface area contributed by atoms with Crippen molar-refractivity contribution in [2.75, 3.05) is 0 Å². The minimum Gasteiger partial charge on any atom is -0.0996 e. The monoisotopic (exact) mass is 410 g/mol. The largest absolute Gasteiger partial charge is 0.0996 e. The molecule has 0 heterocycles. The van der Waals surface area contributed by atoms with Gasteiger partial charge in [-0.2, -0.15) is 0 Å². The number of allylic oxidation sites excluding steroid dienone is 3. The summed E-state index contributed by atoms with van der Waals surface area (Å²) in [6, 6.07) is 0. The van der Waals surface area contributed by atoms with E-state index in [9.17, 15) is 0 Å². The second kappa shape index (κ2) is 7.81. The smallest absolute Gasteiger partial charge is 0.00568 e. The Hall–Kier alpha value is -0.520. The van der Waals surface area contributed by atoms with Crippen LogP contribution in [0.25, 0.3) is 0 Å². The van der Waals surface area contributed by atoms with Crippen molar-refractivity contribution < 1.29 is 0 Å². The molecule has 7 unspecified atom stereocenters. The van der Waals surface area contributed by atoms with Gasteiger partial charge in [0.05, 0.1) is 0 Å². The van der Waals surface area contributed by atoms with Gasteiger partial charge >= 0.3 is 0 Å². The van der Waals surface area contributed by atoms with E-state index in [2.05, 4.69) is 55.0 Å². The summed E-state index contributed by atoms with van der Waals surface area (Å²) in [5, 5.41) is 0. The Bertz CT molecular complexity index is 710. The molecule has 0 aromatic rings. The van der Waals surface area contributed by atoms with Crippen LogP contribution in [0, 0.1) is 45.8 Å². The molecule has 30 heavy (non-hydrogen) atoms. The highest BCUT2D eigenvalue weighted by Crippen LogP contribution is 2.71. The van der Waals surface area contributed by atoms with E-state index in [1.54, 1.807) is 0 Å². The third kappa shape index (κ3) is 3.21. The third-order valence-electron chi connectivity index (χ3n) is 11.6. The molecule has 2 saturated carbocycles. The molecule has 0 bridgehead atoms. The molecule has 2 fully saturated rings. The lowest BCUT2D eigenvalue weighted by molar-refractivity contribution is 0.00889. The summed E-state index contributed by atoms with van der Waals surface area (Å²) in [5.74, 6) is 4.25. The van der Waals surface area contributed by atoms with E-state index in [0.717, 1.165) is 23.7 Å². The Kier molecular flexibility index (Phi) is 5.90. The Balaban J connectivity index is 1.60. The lowest BCUT2D eigenvalue weighted by Crippen LogP contribution is -2.49. The van der Waals surface area contributed by atoms with Crippen LogP contribution in [0.2, 0.25) is 0 Å². The zero-order valence-corrected chi connectivity index (χ0v) is 21.4. The molecule has 4 aliphatic carbocycles. The van der Waals surface area contributed by atoms with Crippen LogP contribution in [0.15, 0.2) is 23.3 Å². The molecule has 0 amide bonds. The summed E-state index contributed by atoms with van der Waals surface area (Å²) in [7, 11) is 0. The van der Waals surface area contributed by atoms with Crippen LogP contribution >= 0.6 is 0 Å². The van der Waals surface area contributed by atoms with E-state index in [1.165, 1.54) is 76.2 Å². The highest BCUT2D eigenvalue weighted by Gasteiger charge is 2.61. The van der Waals surface area contributed by atoms with Crippen LogP contribution in [0.4, 0.5) is 0 Å². The Labute approximate surface area is 188 Å². The van der Waals surface area contributed by atoms with Crippen molar-refractivity contribution in [1.82, 2.24) is 0 Å². The molecule has 0 spiro atoms. The lowest BCUT2D eigenvalue weighted by Gasteiger charge is -2.59. The molecule has 0 heteroatoms. The van der Waals surface area contributed by atoms with Crippen molar-refractivity contribution in [2.45, 2.75) is 119 Å². The predicted octanol–water partition coefficient (Wildman–Crippen LogP) is 9.36. The zero-order chi connectivity index (χ0) is 21.9. The molecule has 0 aromatic carbocycles. The molecule has 0 N–H and O–H groups in total. The van der Waals surface area contributed by atoms with Crippen LogP contribution in [0.3, 0.4) is 0 Å². The summed E-state index contributed by atoms with van der Waals surface area (Å²) in [5.41, 5.74) is 6.88. The van der Waals surface area contributed by atoms with Gasteiger partial charge in [0.1, 0.15) is 0 Å². The van der Waals surface area contributed by atoms with Crippen molar-refractivity contribution in [1.29, 1.82) is 0 Å². The minimum atomic E-state index is 0.462.